The molecular formula is C15H30NO. The predicted molar refractivity (Wildman–Crippen MR) is 73.7 cm³/mol. The molecule has 0 rings (SSSR count). The van der Waals surface area contributed by atoms with Crippen molar-refractivity contribution < 1.29 is 4.79 Å². The smallest absolute Gasteiger partial charge is 0.238 e. The molecule has 0 spiro atoms. The van der Waals surface area contributed by atoms with E-state index in [0.717, 1.165) is 18.8 Å². The maximum atomic E-state index is 10.4. The van der Waals surface area contributed by atoms with Crippen LogP contribution in [0.3, 0.4) is 0 Å². The number of carbonyl (C=O) groups is 1. The van der Waals surface area contributed by atoms with Crippen LogP contribution in [0.15, 0.2) is 0 Å². The lowest BCUT2D eigenvalue weighted by molar-refractivity contribution is -0.118. The Kier molecular flexibility index (Phi) is 11.6. The zero-order chi connectivity index (χ0) is 12.9. The van der Waals surface area contributed by atoms with Crippen molar-refractivity contribution in [3.63, 3.8) is 0 Å². The molecule has 1 amide bonds. The van der Waals surface area contributed by atoms with Crippen molar-refractivity contribution in [1.29, 1.82) is 0 Å². The van der Waals surface area contributed by atoms with E-state index in [1.807, 2.05) is 0 Å². The van der Waals surface area contributed by atoms with E-state index < -0.39 is 5.91 Å². The molecule has 0 heterocycles. The van der Waals surface area contributed by atoms with E-state index in [1.54, 1.807) is 0 Å². The Balaban J connectivity index is 2.96. The molecule has 0 bridgehead atoms. The van der Waals surface area contributed by atoms with E-state index in [4.69, 9.17) is 5.73 Å². The molecule has 1 radical (unpaired) electrons. The van der Waals surface area contributed by atoms with Crippen molar-refractivity contribution in [1.82, 2.24) is 5.73 Å². The third-order valence-electron chi connectivity index (χ3n) is 3.19. The summed E-state index contributed by atoms with van der Waals surface area (Å²) in [7, 11) is 0. The Morgan fingerprint density at radius 1 is 0.824 bits per heavy atom. The van der Waals surface area contributed by atoms with Crippen LogP contribution in [0.5, 0.6) is 0 Å². The Hall–Kier alpha value is -0.530. The minimum atomic E-state index is -0.407. The second kappa shape index (κ2) is 11.9. The fraction of sp³-hybridized carbons (Fsp3) is 0.933. The molecule has 0 aliphatic carbocycles. The molecule has 101 valence electrons. The van der Waals surface area contributed by atoms with Gasteiger partial charge in [0.15, 0.2) is 0 Å². The molecule has 1 N–H and O–H groups in total. The van der Waals surface area contributed by atoms with E-state index in [-0.39, 0.29) is 0 Å². The lowest BCUT2D eigenvalue weighted by atomic mass is 10.0. The first-order valence-electron chi connectivity index (χ1n) is 7.37. The molecule has 0 aliphatic rings. The van der Waals surface area contributed by atoms with E-state index in [1.165, 1.54) is 51.4 Å². The van der Waals surface area contributed by atoms with Crippen molar-refractivity contribution in [2.24, 2.45) is 5.92 Å². The van der Waals surface area contributed by atoms with Crippen LogP contribution in [0.1, 0.15) is 84.5 Å². The third-order valence-corrected chi connectivity index (χ3v) is 3.19. The molecule has 0 saturated heterocycles. The van der Waals surface area contributed by atoms with Gasteiger partial charge in [0.25, 0.3) is 0 Å². The molecular weight excluding hydrogens is 210 g/mol. The average molecular weight is 240 g/mol. The second-order valence-corrected chi connectivity index (χ2v) is 5.54. The van der Waals surface area contributed by atoms with Gasteiger partial charge in [-0.2, -0.15) is 0 Å². The number of unbranched alkanes of at least 4 members (excludes halogenated alkanes) is 8. The minimum Gasteiger partial charge on any atom is -0.273 e. The number of hydrogen-bond acceptors (Lipinski definition) is 1. The van der Waals surface area contributed by atoms with Crippen molar-refractivity contribution >= 4 is 5.91 Å². The summed E-state index contributed by atoms with van der Waals surface area (Å²) >= 11 is 0. The van der Waals surface area contributed by atoms with Crippen molar-refractivity contribution in [2.75, 3.05) is 0 Å². The average Bonchev–Trinajstić information content (AvgIpc) is 2.25. The van der Waals surface area contributed by atoms with Crippen LogP contribution in [-0.2, 0) is 4.79 Å². The molecule has 0 aromatic carbocycles. The monoisotopic (exact) mass is 240 g/mol. The zero-order valence-electron chi connectivity index (χ0n) is 11.8. The van der Waals surface area contributed by atoms with Gasteiger partial charge in [0.05, 0.1) is 0 Å². The van der Waals surface area contributed by atoms with Gasteiger partial charge in [0, 0.05) is 6.42 Å². The second-order valence-electron chi connectivity index (χ2n) is 5.54. The van der Waals surface area contributed by atoms with Gasteiger partial charge in [-0.25, -0.2) is 0 Å². The standard InChI is InChI=1S/C15H30NO/c1-14(2)12-10-8-6-4-3-5-7-9-11-13-15(16)17/h14,16H,3-13H2,1-2H3. The molecule has 17 heavy (non-hydrogen) atoms. The van der Waals surface area contributed by atoms with Gasteiger partial charge in [-0.1, -0.05) is 71.6 Å². The largest absolute Gasteiger partial charge is 0.273 e. The highest BCUT2D eigenvalue weighted by atomic mass is 16.1. The highest BCUT2D eigenvalue weighted by Gasteiger charge is 1.96. The summed E-state index contributed by atoms with van der Waals surface area (Å²) in [5.74, 6) is 0.449. The topological polar surface area (TPSA) is 40.9 Å². The first-order valence-corrected chi connectivity index (χ1v) is 7.37. The van der Waals surface area contributed by atoms with Gasteiger partial charge in [-0.15, -0.1) is 0 Å². The third kappa shape index (κ3) is 15.5. The summed E-state index contributed by atoms with van der Waals surface area (Å²) in [6, 6.07) is 0. The Morgan fingerprint density at radius 3 is 1.65 bits per heavy atom. The summed E-state index contributed by atoms with van der Waals surface area (Å²) in [4.78, 5) is 10.4. The number of nitrogens with one attached hydrogen (secondary N) is 1. The van der Waals surface area contributed by atoms with Gasteiger partial charge in [0.2, 0.25) is 5.91 Å². The molecule has 2 nitrogen and oxygen atoms in total. The SMILES string of the molecule is CC(C)CCCCCCCCCCCC([NH])=O. The van der Waals surface area contributed by atoms with Crippen LogP contribution >= 0.6 is 0 Å². The van der Waals surface area contributed by atoms with Crippen LogP contribution in [-0.4, -0.2) is 5.91 Å². The minimum absolute atomic E-state index is 0.407. The number of amides is 1. The summed E-state index contributed by atoms with van der Waals surface area (Å²) < 4.78 is 0. The Bertz CT molecular complexity index is 178. The van der Waals surface area contributed by atoms with Gasteiger partial charge >= 0.3 is 0 Å². The van der Waals surface area contributed by atoms with Crippen molar-refractivity contribution in [3.05, 3.63) is 0 Å². The highest BCUT2D eigenvalue weighted by Crippen LogP contribution is 2.13. The van der Waals surface area contributed by atoms with E-state index in [9.17, 15) is 4.79 Å². The first kappa shape index (κ1) is 16.5. The molecule has 0 aliphatic heterocycles. The fourth-order valence-corrected chi connectivity index (χ4v) is 2.08. The molecule has 0 unspecified atom stereocenters. The van der Waals surface area contributed by atoms with Gasteiger partial charge in [-0.3, -0.25) is 10.5 Å². The summed E-state index contributed by atoms with van der Waals surface area (Å²) in [5, 5.41) is 0. The maximum absolute atomic E-state index is 10.4. The number of rotatable bonds is 12. The van der Waals surface area contributed by atoms with Crippen LogP contribution in [0.25, 0.3) is 0 Å². The molecule has 0 aromatic heterocycles. The maximum Gasteiger partial charge on any atom is 0.238 e. The Labute approximate surface area is 107 Å². The molecule has 0 fully saturated rings. The van der Waals surface area contributed by atoms with Crippen molar-refractivity contribution in [3.8, 4) is 0 Å². The molecule has 2 heteroatoms. The fourth-order valence-electron chi connectivity index (χ4n) is 2.08. The Morgan fingerprint density at radius 2 is 1.24 bits per heavy atom. The van der Waals surface area contributed by atoms with E-state index >= 15 is 0 Å². The quantitative estimate of drug-likeness (QED) is 0.454. The van der Waals surface area contributed by atoms with Gasteiger partial charge < -0.3 is 0 Å². The lowest BCUT2D eigenvalue weighted by Gasteiger charge is -2.04. The lowest BCUT2D eigenvalue weighted by Crippen LogP contribution is -1.96. The van der Waals surface area contributed by atoms with Crippen molar-refractivity contribution in [2.45, 2.75) is 84.5 Å². The van der Waals surface area contributed by atoms with Gasteiger partial charge in [-0.05, 0) is 12.3 Å². The first-order chi connectivity index (χ1) is 8.13. The number of hydrogen-bond donors (Lipinski definition) is 0. The molecule has 0 aromatic rings. The summed E-state index contributed by atoms with van der Waals surface area (Å²) in [6.45, 7) is 4.59. The molecule has 0 saturated carbocycles. The molecule has 0 atom stereocenters. The predicted octanol–water partition coefficient (Wildman–Crippen LogP) is 4.74. The van der Waals surface area contributed by atoms with Crippen LogP contribution in [0.4, 0.5) is 0 Å². The normalized spacial score (nSPS) is 11.0. The van der Waals surface area contributed by atoms with E-state index in [0.29, 0.717) is 6.42 Å². The summed E-state index contributed by atoms with van der Waals surface area (Å²) in [5.41, 5.74) is 6.78. The van der Waals surface area contributed by atoms with E-state index in [2.05, 4.69) is 13.8 Å². The van der Waals surface area contributed by atoms with Crippen LogP contribution in [0.2, 0.25) is 0 Å². The van der Waals surface area contributed by atoms with Crippen LogP contribution < -0.4 is 5.73 Å². The highest BCUT2D eigenvalue weighted by molar-refractivity contribution is 5.72. The number of carbonyl (C=O) groups excluding carboxylic acids is 1. The zero-order valence-corrected chi connectivity index (χ0v) is 11.8. The van der Waals surface area contributed by atoms with Crippen LogP contribution in [0, 0.1) is 5.92 Å². The summed E-state index contributed by atoms with van der Waals surface area (Å²) in [6.07, 6.45) is 13.3. The van der Waals surface area contributed by atoms with Gasteiger partial charge in [0.1, 0.15) is 0 Å².